The van der Waals surface area contributed by atoms with Crippen LogP contribution in [0.2, 0.25) is 0 Å². The number of aliphatic hydroxyl groups excluding tert-OH is 1. The molecule has 0 aliphatic heterocycles. The zero-order chi connectivity index (χ0) is 13.3. The molecule has 0 aliphatic carbocycles. The van der Waals surface area contributed by atoms with Crippen LogP contribution in [0, 0.1) is 5.92 Å². The Morgan fingerprint density at radius 3 is 2.67 bits per heavy atom. The molecule has 0 saturated heterocycles. The van der Waals surface area contributed by atoms with Crippen molar-refractivity contribution in [2.75, 3.05) is 0 Å². The summed E-state index contributed by atoms with van der Waals surface area (Å²) in [6.07, 6.45) is 1.39. The third kappa shape index (κ3) is 2.24. The predicted molar refractivity (Wildman–Crippen MR) is 69.7 cm³/mol. The second-order valence-electron chi connectivity index (χ2n) is 4.82. The van der Waals surface area contributed by atoms with Crippen molar-refractivity contribution in [3.8, 4) is 0 Å². The molecule has 2 rings (SSSR count). The van der Waals surface area contributed by atoms with E-state index in [0.29, 0.717) is 17.5 Å². The number of hydrogen-bond acceptors (Lipinski definition) is 2. The van der Waals surface area contributed by atoms with Gasteiger partial charge < -0.3 is 14.8 Å². The monoisotopic (exact) mass is 247 g/mol. The number of fused-ring (bicyclic) bond motifs is 1. The van der Waals surface area contributed by atoms with Crippen LogP contribution in [0.3, 0.4) is 0 Å². The number of benzene rings is 1. The number of hydrogen-bond donors (Lipinski definition) is 2. The fourth-order valence-electron chi connectivity index (χ4n) is 1.98. The fourth-order valence-corrected chi connectivity index (χ4v) is 1.98. The molecule has 0 spiro atoms. The number of aromatic nitrogens is 1. The Hall–Kier alpha value is -1.81. The predicted octanol–water partition coefficient (Wildman–Crippen LogP) is 2.36. The summed E-state index contributed by atoms with van der Waals surface area (Å²) in [5.74, 6) is -0.757. The number of carbonyl (C=O) groups is 1. The van der Waals surface area contributed by atoms with E-state index in [9.17, 15) is 9.90 Å². The average Bonchev–Trinajstić information content (AvgIpc) is 2.72. The van der Waals surface area contributed by atoms with Crippen LogP contribution >= 0.6 is 0 Å². The first kappa shape index (κ1) is 12.6. The van der Waals surface area contributed by atoms with Crippen molar-refractivity contribution >= 4 is 16.9 Å². The maximum Gasteiger partial charge on any atom is 0.336 e. The van der Waals surface area contributed by atoms with Gasteiger partial charge in [-0.15, -0.1) is 0 Å². The number of nitrogens with zero attached hydrogens (tertiary/aromatic N) is 1. The van der Waals surface area contributed by atoms with Crippen LogP contribution in [0.1, 0.15) is 24.2 Å². The number of rotatable bonds is 4. The molecule has 1 atom stereocenters. The van der Waals surface area contributed by atoms with Crippen molar-refractivity contribution < 1.29 is 15.0 Å². The van der Waals surface area contributed by atoms with Crippen LogP contribution < -0.4 is 0 Å². The van der Waals surface area contributed by atoms with Crippen molar-refractivity contribution in [2.45, 2.75) is 26.5 Å². The van der Waals surface area contributed by atoms with Gasteiger partial charge in [0, 0.05) is 23.6 Å². The van der Waals surface area contributed by atoms with Crippen LogP contribution in [0.25, 0.3) is 10.9 Å². The van der Waals surface area contributed by atoms with Crippen LogP contribution in [0.5, 0.6) is 0 Å². The van der Waals surface area contributed by atoms with Crippen molar-refractivity contribution in [3.63, 3.8) is 0 Å². The molecule has 4 heteroatoms. The van der Waals surface area contributed by atoms with Crippen LogP contribution in [0.4, 0.5) is 0 Å². The number of carboxylic acids is 1. The van der Waals surface area contributed by atoms with Gasteiger partial charge in [-0.2, -0.15) is 0 Å². The van der Waals surface area contributed by atoms with Crippen LogP contribution in [-0.4, -0.2) is 26.9 Å². The van der Waals surface area contributed by atoms with Crippen molar-refractivity contribution in [3.05, 3.63) is 36.0 Å². The fraction of sp³-hybridized carbons (Fsp3) is 0.357. The lowest BCUT2D eigenvalue weighted by molar-refractivity contribution is 0.0699. The van der Waals surface area contributed by atoms with Crippen LogP contribution in [0.15, 0.2) is 30.5 Å². The molecule has 0 bridgehead atoms. The molecule has 1 aromatic heterocycles. The molecule has 0 amide bonds. The molecule has 4 nitrogen and oxygen atoms in total. The lowest BCUT2D eigenvalue weighted by atomic mass is 10.1. The summed E-state index contributed by atoms with van der Waals surface area (Å²) in [5, 5.41) is 19.7. The molecular weight excluding hydrogens is 230 g/mol. The van der Waals surface area contributed by atoms with E-state index in [-0.39, 0.29) is 5.92 Å². The molecule has 0 fully saturated rings. The zero-order valence-corrected chi connectivity index (χ0v) is 10.5. The Kier molecular flexibility index (Phi) is 3.39. The summed E-state index contributed by atoms with van der Waals surface area (Å²) in [6, 6.07) is 6.97. The molecule has 0 saturated carbocycles. The SMILES string of the molecule is CC(C)C(O)Cn1ccc2c(C(=O)O)cccc21. The minimum absolute atomic E-state index is 0.171. The quantitative estimate of drug-likeness (QED) is 0.871. The van der Waals surface area contributed by atoms with Gasteiger partial charge in [0.15, 0.2) is 0 Å². The smallest absolute Gasteiger partial charge is 0.336 e. The highest BCUT2D eigenvalue weighted by atomic mass is 16.4. The molecule has 96 valence electrons. The molecule has 2 aromatic rings. The molecule has 18 heavy (non-hydrogen) atoms. The van der Waals surface area contributed by atoms with Gasteiger partial charge in [-0.05, 0) is 24.1 Å². The average molecular weight is 247 g/mol. The summed E-state index contributed by atoms with van der Waals surface area (Å²) in [6.45, 7) is 4.39. The van der Waals surface area contributed by atoms with Gasteiger partial charge in [0.05, 0.1) is 11.7 Å². The maximum absolute atomic E-state index is 11.1. The number of aromatic carboxylic acids is 1. The Labute approximate surface area is 105 Å². The van der Waals surface area contributed by atoms with E-state index in [0.717, 1.165) is 5.52 Å². The van der Waals surface area contributed by atoms with Gasteiger partial charge in [-0.3, -0.25) is 0 Å². The highest BCUT2D eigenvalue weighted by molar-refractivity contribution is 6.02. The first-order valence-electron chi connectivity index (χ1n) is 6.00. The van der Waals surface area contributed by atoms with E-state index in [4.69, 9.17) is 5.11 Å². The summed E-state index contributed by atoms with van der Waals surface area (Å²) in [4.78, 5) is 11.1. The second kappa shape index (κ2) is 4.82. The van der Waals surface area contributed by atoms with Gasteiger partial charge in [0.1, 0.15) is 0 Å². The summed E-state index contributed by atoms with van der Waals surface area (Å²) in [7, 11) is 0. The first-order valence-corrected chi connectivity index (χ1v) is 6.00. The lowest BCUT2D eigenvalue weighted by Crippen LogP contribution is -2.21. The summed E-state index contributed by atoms with van der Waals surface area (Å²) in [5.41, 5.74) is 1.14. The van der Waals surface area contributed by atoms with Gasteiger partial charge >= 0.3 is 5.97 Å². The standard InChI is InChI=1S/C14H17NO3/c1-9(2)13(16)8-15-7-6-10-11(14(17)18)4-3-5-12(10)15/h3-7,9,13,16H,8H2,1-2H3,(H,17,18). The third-order valence-corrected chi connectivity index (χ3v) is 3.20. The van der Waals surface area contributed by atoms with Gasteiger partial charge in [-0.1, -0.05) is 19.9 Å². The minimum Gasteiger partial charge on any atom is -0.478 e. The second-order valence-corrected chi connectivity index (χ2v) is 4.82. The van der Waals surface area contributed by atoms with Crippen molar-refractivity contribution in [2.24, 2.45) is 5.92 Å². The van der Waals surface area contributed by atoms with E-state index in [1.54, 1.807) is 18.2 Å². The minimum atomic E-state index is -0.928. The van der Waals surface area contributed by atoms with E-state index in [1.165, 1.54) is 0 Å². The molecule has 0 aliphatic rings. The van der Waals surface area contributed by atoms with Gasteiger partial charge in [-0.25, -0.2) is 4.79 Å². The molecule has 0 radical (unpaired) electrons. The van der Waals surface area contributed by atoms with E-state index >= 15 is 0 Å². The van der Waals surface area contributed by atoms with Gasteiger partial charge in [0.2, 0.25) is 0 Å². The lowest BCUT2D eigenvalue weighted by Gasteiger charge is -2.16. The molecule has 1 heterocycles. The normalized spacial score (nSPS) is 13.1. The van der Waals surface area contributed by atoms with Crippen molar-refractivity contribution in [1.82, 2.24) is 4.57 Å². The third-order valence-electron chi connectivity index (χ3n) is 3.20. The van der Waals surface area contributed by atoms with Crippen LogP contribution in [-0.2, 0) is 6.54 Å². The van der Waals surface area contributed by atoms with Crippen molar-refractivity contribution in [1.29, 1.82) is 0 Å². The van der Waals surface area contributed by atoms with E-state index in [2.05, 4.69) is 0 Å². The maximum atomic E-state index is 11.1. The number of carboxylic acid groups (broad SMARTS) is 1. The van der Waals surface area contributed by atoms with E-state index in [1.807, 2.05) is 30.7 Å². The topological polar surface area (TPSA) is 62.5 Å². The molecule has 1 aromatic carbocycles. The Morgan fingerprint density at radius 2 is 2.06 bits per heavy atom. The highest BCUT2D eigenvalue weighted by Crippen LogP contribution is 2.21. The summed E-state index contributed by atoms with van der Waals surface area (Å²) < 4.78 is 1.90. The largest absolute Gasteiger partial charge is 0.478 e. The Morgan fingerprint density at radius 1 is 1.33 bits per heavy atom. The molecule has 2 N–H and O–H groups in total. The molecular formula is C14H17NO3. The Bertz CT molecular complexity index is 571. The first-order chi connectivity index (χ1) is 8.50. The molecule has 1 unspecified atom stereocenters. The highest BCUT2D eigenvalue weighted by Gasteiger charge is 2.14. The Balaban J connectivity index is 2.43. The van der Waals surface area contributed by atoms with E-state index < -0.39 is 12.1 Å². The summed E-state index contributed by atoms with van der Waals surface area (Å²) >= 11 is 0. The zero-order valence-electron chi connectivity index (χ0n) is 10.5. The number of aliphatic hydroxyl groups is 1. The van der Waals surface area contributed by atoms with Gasteiger partial charge in [0.25, 0.3) is 0 Å².